The fraction of sp³-hybridized carbons (Fsp3) is 0.421. The first kappa shape index (κ1) is 16.0. The van der Waals surface area contributed by atoms with Gasteiger partial charge in [0.2, 0.25) is 11.8 Å². The van der Waals surface area contributed by atoms with Crippen LogP contribution >= 0.6 is 0 Å². The van der Waals surface area contributed by atoms with Crippen molar-refractivity contribution in [3.8, 4) is 11.5 Å². The van der Waals surface area contributed by atoms with Gasteiger partial charge in [0.1, 0.15) is 0 Å². The van der Waals surface area contributed by atoms with Gasteiger partial charge in [0, 0.05) is 24.3 Å². The Bertz CT molecular complexity index is 891. The Morgan fingerprint density at radius 3 is 2.60 bits per heavy atom. The van der Waals surface area contributed by atoms with Gasteiger partial charge in [0.15, 0.2) is 0 Å². The van der Waals surface area contributed by atoms with Crippen LogP contribution < -0.4 is 0 Å². The third kappa shape index (κ3) is 2.98. The van der Waals surface area contributed by atoms with Crippen molar-refractivity contribution in [3.05, 3.63) is 53.2 Å². The zero-order valence-corrected chi connectivity index (χ0v) is 15.1. The van der Waals surface area contributed by atoms with Crippen LogP contribution in [-0.2, 0) is 0 Å². The van der Waals surface area contributed by atoms with Crippen molar-refractivity contribution in [2.45, 2.75) is 39.8 Å². The number of nitrogens with zero attached hydrogens (tertiary/aromatic N) is 5. The summed E-state index contributed by atoms with van der Waals surface area (Å²) < 4.78 is 8.06. The van der Waals surface area contributed by atoms with Crippen LogP contribution in [0, 0.1) is 20.8 Å². The summed E-state index contributed by atoms with van der Waals surface area (Å²) in [6.07, 6.45) is 0. The maximum Gasteiger partial charge on any atom is 0.247 e. The van der Waals surface area contributed by atoms with Crippen LogP contribution in [0.3, 0.4) is 0 Å². The van der Waals surface area contributed by atoms with E-state index in [2.05, 4.69) is 63.8 Å². The Kier molecular flexibility index (Phi) is 3.92. The second-order valence-electron chi connectivity index (χ2n) is 6.97. The van der Waals surface area contributed by atoms with Gasteiger partial charge in [-0.15, -0.1) is 10.2 Å². The third-order valence-electron chi connectivity index (χ3n) is 4.89. The molecule has 0 amide bonds. The van der Waals surface area contributed by atoms with Crippen LogP contribution in [0.2, 0.25) is 0 Å². The predicted octanol–water partition coefficient (Wildman–Crippen LogP) is 3.48. The summed E-state index contributed by atoms with van der Waals surface area (Å²) in [4.78, 5) is 2.34. The number of hydrogen-bond donors (Lipinski definition) is 0. The molecule has 0 unspecified atom stereocenters. The van der Waals surface area contributed by atoms with Gasteiger partial charge in [-0.3, -0.25) is 9.58 Å². The molecule has 6 nitrogen and oxygen atoms in total. The minimum absolute atomic E-state index is 0.110. The van der Waals surface area contributed by atoms with Crippen molar-refractivity contribution in [1.82, 2.24) is 24.9 Å². The highest BCUT2D eigenvalue weighted by Gasteiger charge is 2.35. The van der Waals surface area contributed by atoms with E-state index in [9.17, 15) is 0 Å². The Morgan fingerprint density at radius 2 is 1.92 bits per heavy atom. The summed E-state index contributed by atoms with van der Waals surface area (Å²) in [6, 6.07) is 10.8. The van der Waals surface area contributed by atoms with Gasteiger partial charge >= 0.3 is 0 Å². The monoisotopic (exact) mass is 337 g/mol. The summed E-state index contributed by atoms with van der Waals surface area (Å²) in [5.41, 5.74) is 4.44. The van der Waals surface area contributed by atoms with Crippen molar-refractivity contribution in [3.63, 3.8) is 0 Å². The van der Waals surface area contributed by atoms with E-state index in [-0.39, 0.29) is 6.04 Å². The molecule has 1 atom stereocenters. The van der Waals surface area contributed by atoms with Gasteiger partial charge in [-0.05, 0) is 45.9 Å². The van der Waals surface area contributed by atoms with E-state index in [1.165, 1.54) is 11.3 Å². The second kappa shape index (κ2) is 6.11. The zero-order valence-electron chi connectivity index (χ0n) is 15.1. The minimum Gasteiger partial charge on any atom is -0.419 e. The molecule has 1 saturated heterocycles. The molecule has 1 aliphatic heterocycles. The van der Waals surface area contributed by atoms with Crippen molar-refractivity contribution >= 4 is 0 Å². The quantitative estimate of drug-likeness (QED) is 0.729. The van der Waals surface area contributed by atoms with Crippen LogP contribution in [0.1, 0.15) is 41.8 Å². The highest BCUT2D eigenvalue weighted by Crippen LogP contribution is 2.32. The van der Waals surface area contributed by atoms with Crippen LogP contribution in [0.4, 0.5) is 0 Å². The van der Waals surface area contributed by atoms with E-state index in [4.69, 9.17) is 4.42 Å². The second-order valence-corrected chi connectivity index (χ2v) is 6.97. The van der Waals surface area contributed by atoms with Gasteiger partial charge in [0.25, 0.3) is 0 Å². The summed E-state index contributed by atoms with van der Waals surface area (Å²) in [5.74, 6) is 1.25. The Labute approximate surface area is 147 Å². The average molecular weight is 337 g/mol. The van der Waals surface area contributed by atoms with Crippen molar-refractivity contribution in [1.29, 1.82) is 0 Å². The smallest absolute Gasteiger partial charge is 0.247 e. The SMILES string of the molecule is Cc1cccc(-c2nnc([C@@H](C)N3CC(n4nc(C)cc4C)C3)o2)c1. The standard InChI is InChI=1S/C19H23N5O/c1-12-6-5-7-16(8-12)19-21-20-18(25-19)15(4)23-10-17(11-23)24-14(3)9-13(2)22-24/h5-9,15,17H,10-11H2,1-4H3/t15-/m1/s1. The van der Waals surface area contributed by atoms with Crippen LogP contribution in [0.25, 0.3) is 11.5 Å². The summed E-state index contributed by atoms with van der Waals surface area (Å²) in [7, 11) is 0. The van der Waals surface area contributed by atoms with Crippen molar-refractivity contribution in [2.24, 2.45) is 0 Å². The molecule has 0 bridgehead atoms. The van der Waals surface area contributed by atoms with E-state index in [0.29, 0.717) is 17.8 Å². The fourth-order valence-electron chi connectivity index (χ4n) is 3.43. The number of hydrogen-bond acceptors (Lipinski definition) is 5. The highest BCUT2D eigenvalue weighted by atomic mass is 16.4. The first-order chi connectivity index (χ1) is 12.0. The molecule has 2 aromatic heterocycles. The van der Waals surface area contributed by atoms with E-state index < -0.39 is 0 Å². The molecule has 0 spiro atoms. The predicted molar refractivity (Wildman–Crippen MR) is 95.2 cm³/mol. The van der Waals surface area contributed by atoms with Gasteiger partial charge in [-0.1, -0.05) is 17.7 Å². The van der Waals surface area contributed by atoms with E-state index in [1.54, 1.807) is 0 Å². The Hall–Kier alpha value is -2.47. The van der Waals surface area contributed by atoms with Gasteiger partial charge in [0.05, 0.1) is 17.8 Å². The molecule has 130 valence electrons. The van der Waals surface area contributed by atoms with Crippen molar-refractivity contribution < 1.29 is 4.42 Å². The maximum atomic E-state index is 5.93. The van der Waals surface area contributed by atoms with Gasteiger partial charge in [-0.25, -0.2) is 0 Å². The molecule has 0 saturated carbocycles. The summed E-state index contributed by atoms with van der Waals surface area (Å²) in [6.45, 7) is 10.2. The average Bonchev–Trinajstić information content (AvgIpc) is 3.13. The van der Waals surface area contributed by atoms with Crippen molar-refractivity contribution in [2.75, 3.05) is 13.1 Å². The molecule has 25 heavy (non-hydrogen) atoms. The third-order valence-corrected chi connectivity index (χ3v) is 4.89. The number of likely N-dealkylation sites (tertiary alicyclic amines) is 1. The molecule has 1 aliphatic rings. The molecule has 3 aromatic rings. The zero-order chi connectivity index (χ0) is 17.6. The molecule has 6 heteroatoms. The van der Waals surface area contributed by atoms with E-state index in [1.807, 2.05) is 19.1 Å². The Balaban J connectivity index is 1.44. The molecular formula is C19H23N5O. The lowest BCUT2D eigenvalue weighted by molar-refractivity contribution is 0.0473. The largest absolute Gasteiger partial charge is 0.419 e. The molecule has 1 aromatic carbocycles. The Morgan fingerprint density at radius 1 is 1.12 bits per heavy atom. The first-order valence-electron chi connectivity index (χ1n) is 8.68. The number of aryl methyl sites for hydroxylation is 3. The lowest BCUT2D eigenvalue weighted by atomic mass is 10.1. The van der Waals surface area contributed by atoms with Crippen LogP contribution in [-0.4, -0.2) is 38.0 Å². The molecule has 0 aliphatic carbocycles. The maximum absolute atomic E-state index is 5.93. The number of aromatic nitrogens is 4. The molecule has 0 radical (unpaired) electrons. The number of rotatable bonds is 4. The van der Waals surface area contributed by atoms with Gasteiger partial charge < -0.3 is 4.42 Å². The molecule has 0 N–H and O–H groups in total. The normalized spacial score (nSPS) is 16.8. The van der Waals surface area contributed by atoms with Gasteiger partial charge in [-0.2, -0.15) is 5.10 Å². The summed E-state index contributed by atoms with van der Waals surface area (Å²) >= 11 is 0. The van der Waals surface area contributed by atoms with Crippen LogP contribution in [0.5, 0.6) is 0 Å². The van der Waals surface area contributed by atoms with Crippen LogP contribution in [0.15, 0.2) is 34.7 Å². The molecule has 1 fully saturated rings. The molecular weight excluding hydrogens is 314 g/mol. The molecule has 3 heterocycles. The highest BCUT2D eigenvalue weighted by molar-refractivity contribution is 5.53. The van der Waals surface area contributed by atoms with E-state index >= 15 is 0 Å². The minimum atomic E-state index is 0.110. The summed E-state index contributed by atoms with van der Waals surface area (Å²) in [5, 5.41) is 13.1. The molecule has 4 rings (SSSR count). The van der Waals surface area contributed by atoms with E-state index in [0.717, 1.165) is 24.3 Å². The lowest BCUT2D eigenvalue weighted by Crippen LogP contribution is -2.49. The topological polar surface area (TPSA) is 60.0 Å². The first-order valence-corrected chi connectivity index (χ1v) is 8.68. The fourth-order valence-corrected chi connectivity index (χ4v) is 3.43. The lowest BCUT2D eigenvalue weighted by Gasteiger charge is -2.42. The number of benzene rings is 1.